The number of carbonyl (C=O) groups excluding carboxylic acids is 2. The zero-order valence-electron chi connectivity index (χ0n) is 20.4. The van der Waals surface area contributed by atoms with E-state index in [0.29, 0.717) is 29.2 Å². The van der Waals surface area contributed by atoms with Crippen LogP contribution in [0.1, 0.15) is 58.9 Å². The van der Waals surface area contributed by atoms with E-state index in [9.17, 15) is 9.59 Å². The van der Waals surface area contributed by atoms with Gasteiger partial charge in [-0.25, -0.2) is 0 Å². The molecular formula is C28H30BrN3O3S. The molecule has 3 aromatic rings. The maximum absolute atomic E-state index is 13.0. The lowest BCUT2D eigenvalue weighted by atomic mass is 10.1. The first-order valence-electron chi connectivity index (χ1n) is 11.9. The third-order valence-electron chi connectivity index (χ3n) is 5.33. The van der Waals surface area contributed by atoms with Crippen LogP contribution < -0.4 is 20.7 Å². The summed E-state index contributed by atoms with van der Waals surface area (Å²) in [7, 11) is 0. The first-order valence-corrected chi connectivity index (χ1v) is 13.1. The average molecular weight is 569 g/mol. The van der Waals surface area contributed by atoms with Crippen molar-refractivity contribution in [2.24, 2.45) is 0 Å². The molecule has 0 aliphatic carbocycles. The topological polar surface area (TPSA) is 79.5 Å². The minimum atomic E-state index is -0.384. The lowest BCUT2D eigenvalue weighted by Crippen LogP contribution is -2.34. The van der Waals surface area contributed by atoms with Crippen molar-refractivity contribution in [2.45, 2.75) is 39.5 Å². The number of aryl methyl sites for hydroxylation is 1. The number of hydrogen-bond acceptors (Lipinski definition) is 4. The quantitative estimate of drug-likeness (QED) is 0.180. The van der Waals surface area contributed by atoms with Crippen LogP contribution in [0.25, 0.3) is 0 Å². The Bertz CT molecular complexity index is 1230. The second kappa shape index (κ2) is 13.8. The average Bonchev–Trinajstić information content (AvgIpc) is 2.84. The molecule has 0 bridgehead atoms. The standard InChI is InChI=1S/C28H30BrN3O3S/c1-3-4-5-6-15-35-25-14-13-21(29)18-24(25)27(34)32-28(36)31-23-12-8-10-20(17-23)26(33)30-22-11-7-9-19(2)16-22/h7-14,16-18H,3-6,15H2,1-2H3,(H,30,33)(H2,31,32,34,36). The van der Waals surface area contributed by atoms with Crippen LogP contribution in [0.2, 0.25) is 0 Å². The van der Waals surface area contributed by atoms with Crippen LogP contribution in [0.3, 0.4) is 0 Å². The molecule has 6 nitrogen and oxygen atoms in total. The van der Waals surface area contributed by atoms with E-state index in [0.717, 1.165) is 41.4 Å². The van der Waals surface area contributed by atoms with Crippen molar-refractivity contribution in [3.05, 3.63) is 87.9 Å². The number of thiocarbonyl (C=S) groups is 1. The summed E-state index contributed by atoms with van der Waals surface area (Å²) >= 11 is 8.77. The molecule has 0 spiro atoms. The summed E-state index contributed by atoms with van der Waals surface area (Å²) in [4.78, 5) is 25.6. The van der Waals surface area contributed by atoms with Gasteiger partial charge in [0.15, 0.2) is 5.11 Å². The van der Waals surface area contributed by atoms with Gasteiger partial charge in [0.25, 0.3) is 11.8 Å². The molecule has 3 rings (SSSR count). The number of ether oxygens (including phenoxy) is 1. The Kier molecular flexibility index (Phi) is 10.5. The van der Waals surface area contributed by atoms with Crippen LogP contribution in [0.4, 0.5) is 11.4 Å². The maximum atomic E-state index is 13.0. The van der Waals surface area contributed by atoms with Crippen LogP contribution in [0.5, 0.6) is 5.75 Å². The third-order valence-corrected chi connectivity index (χ3v) is 6.02. The number of anilines is 2. The Labute approximate surface area is 226 Å². The van der Waals surface area contributed by atoms with E-state index in [1.54, 1.807) is 36.4 Å². The van der Waals surface area contributed by atoms with Crippen LogP contribution in [0.15, 0.2) is 71.2 Å². The van der Waals surface area contributed by atoms with E-state index < -0.39 is 0 Å². The van der Waals surface area contributed by atoms with Gasteiger partial charge in [0.1, 0.15) is 5.75 Å². The van der Waals surface area contributed by atoms with Gasteiger partial charge >= 0.3 is 0 Å². The molecule has 0 radical (unpaired) electrons. The normalized spacial score (nSPS) is 10.4. The minimum Gasteiger partial charge on any atom is -0.493 e. The molecule has 0 atom stereocenters. The molecule has 188 valence electrons. The van der Waals surface area contributed by atoms with Gasteiger partial charge in [0.2, 0.25) is 0 Å². The molecule has 2 amide bonds. The molecule has 0 unspecified atom stereocenters. The number of nitrogens with one attached hydrogen (secondary N) is 3. The number of rotatable bonds is 10. The van der Waals surface area contributed by atoms with Crippen molar-refractivity contribution in [3.63, 3.8) is 0 Å². The van der Waals surface area contributed by atoms with E-state index in [4.69, 9.17) is 17.0 Å². The van der Waals surface area contributed by atoms with Crippen molar-refractivity contribution >= 4 is 56.4 Å². The second-order valence-corrected chi connectivity index (χ2v) is 9.69. The van der Waals surface area contributed by atoms with Gasteiger partial charge in [-0.15, -0.1) is 0 Å². The summed E-state index contributed by atoms with van der Waals surface area (Å²) in [6.45, 7) is 4.67. The molecule has 3 aromatic carbocycles. The van der Waals surface area contributed by atoms with Gasteiger partial charge in [0, 0.05) is 21.4 Å². The van der Waals surface area contributed by atoms with Gasteiger partial charge in [-0.1, -0.05) is 60.3 Å². The van der Waals surface area contributed by atoms with E-state index in [1.807, 2.05) is 37.3 Å². The summed E-state index contributed by atoms with van der Waals surface area (Å²) in [5, 5.41) is 8.68. The second-order valence-electron chi connectivity index (χ2n) is 8.36. The van der Waals surface area contributed by atoms with Crippen molar-refractivity contribution in [1.29, 1.82) is 0 Å². The van der Waals surface area contributed by atoms with Gasteiger partial charge in [-0.3, -0.25) is 14.9 Å². The van der Waals surface area contributed by atoms with E-state index in [2.05, 4.69) is 38.8 Å². The van der Waals surface area contributed by atoms with Gasteiger partial charge in [-0.2, -0.15) is 0 Å². The van der Waals surface area contributed by atoms with Crippen molar-refractivity contribution < 1.29 is 14.3 Å². The Hall–Kier alpha value is -3.23. The number of carbonyl (C=O) groups is 2. The minimum absolute atomic E-state index is 0.116. The molecule has 3 N–H and O–H groups in total. The summed E-state index contributed by atoms with van der Waals surface area (Å²) in [6.07, 6.45) is 4.33. The summed E-state index contributed by atoms with van der Waals surface area (Å²) < 4.78 is 6.63. The largest absolute Gasteiger partial charge is 0.493 e. The maximum Gasteiger partial charge on any atom is 0.261 e. The first-order chi connectivity index (χ1) is 17.4. The number of amides is 2. The molecule has 0 heterocycles. The van der Waals surface area contributed by atoms with Crippen LogP contribution >= 0.6 is 28.1 Å². The van der Waals surface area contributed by atoms with Crippen molar-refractivity contribution in [1.82, 2.24) is 5.32 Å². The highest BCUT2D eigenvalue weighted by Crippen LogP contribution is 2.24. The third kappa shape index (κ3) is 8.46. The summed E-state index contributed by atoms with van der Waals surface area (Å²) in [5.41, 5.74) is 3.20. The van der Waals surface area contributed by atoms with Crippen LogP contribution in [0, 0.1) is 6.92 Å². The highest BCUT2D eigenvalue weighted by atomic mass is 79.9. The Morgan fingerprint density at radius 1 is 0.889 bits per heavy atom. The highest BCUT2D eigenvalue weighted by Gasteiger charge is 2.15. The van der Waals surface area contributed by atoms with Crippen molar-refractivity contribution in [2.75, 3.05) is 17.2 Å². The Morgan fingerprint density at radius 2 is 1.64 bits per heavy atom. The Morgan fingerprint density at radius 3 is 2.39 bits per heavy atom. The summed E-state index contributed by atoms with van der Waals surface area (Å²) in [5.74, 6) is -0.121. The van der Waals surface area contributed by atoms with Crippen LogP contribution in [-0.2, 0) is 0 Å². The smallest absolute Gasteiger partial charge is 0.261 e. The van der Waals surface area contributed by atoms with Gasteiger partial charge in [0.05, 0.1) is 12.2 Å². The van der Waals surface area contributed by atoms with Crippen molar-refractivity contribution in [3.8, 4) is 5.75 Å². The highest BCUT2D eigenvalue weighted by molar-refractivity contribution is 9.10. The SMILES string of the molecule is CCCCCCOc1ccc(Br)cc1C(=O)NC(=S)Nc1cccc(C(=O)Nc2cccc(C)c2)c1. The predicted molar refractivity (Wildman–Crippen MR) is 153 cm³/mol. The van der Waals surface area contributed by atoms with Gasteiger partial charge < -0.3 is 15.4 Å². The molecule has 36 heavy (non-hydrogen) atoms. The predicted octanol–water partition coefficient (Wildman–Crippen LogP) is 7.10. The molecule has 0 aromatic heterocycles. The fourth-order valence-corrected chi connectivity index (χ4v) is 4.09. The fourth-order valence-electron chi connectivity index (χ4n) is 3.51. The molecule has 8 heteroatoms. The first kappa shape index (κ1) is 27.4. The monoisotopic (exact) mass is 567 g/mol. The zero-order valence-corrected chi connectivity index (χ0v) is 22.8. The number of hydrogen-bond donors (Lipinski definition) is 3. The lowest BCUT2D eigenvalue weighted by molar-refractivity contribution is 0.0972. The van der Waals surface area contributed by atoms with Gasteiger partial charge in [-0.05, 0) is 79.7 Å². The molecule has 0 saturated heterocycles. The number of halogens is 1. The molecule has 0 saturated carbocycles. The number of unbranched alkanes of at least 4 members (excludes halogenated alkanes) is 3. The molecule has 0 aliphatic rings. The molecule has 0 aliphatic heterocycles. The van der Waals surface area contributed by atoms with E-state index >= 15 is 0 Å². The summed E-state index contributed by atoms with van der Waals surface area (Å²) in [6, 6.07) is 19.8. The fraction of sp³-hybridized carbons (Fsp3) is 0.250. The number of benzene rings is 3. The molecule has 0 fully saturated rings. The van der Waals surface area contributed by atoms with E-state index in [-0.39, 0.29) is 16.9 Å². The van der Waals surface area contributed by atoms with E-state index in [1.165, 1.54) is 0 Å². The lowest BCUT2D eigenvalue weighted by Gasteiger charge is -2.14. The zero-order chi connectivity index (χ0) is 25.9. The Balaban J connectivity index is 1.61. The van der Waals surface area contributed by atoms with Crippen LogP contribution in [-0.4, -0.2) is 23.5 Å². The molecular weight excluding hydrogens is 538 g/mol.